The molecule has 19 heavy (non-hydrogen) atoms. The van der Waals surface area contributed by atoms with Crippen LogP contribution in [0.4, 0.5) is 4.39 Å². The van der Waals surface area contributed by atoms with Gasteiger partial charge in [0.1, 0.15) is 0 Å². The summed E-state index contributed by atoms with van der Waals surface area (Å²) in [4.78, 5) is 0. The fourth-order valence-electron chi connectivity index (χ4n) is 2.95. The number of nitrogens with one attached hydrogen (secondary N) is 1. The normalized spacial score (nSPS) is 19.1. The molecule has 1 saturated carbocycles. The fourth-order valence-corrected chi connectivity index (χ4v) is 2.95. The van der Waals surface area contributed by atoms with Gasteiger partial charge >= 0.3 is 0 Å². The van der Waals surface area contributed by atoms with Gasteiger partial charge in [0.05, 0.1) is 0 Å². The van der Waals surface area contributed by atoms with Crippen molar-refractivity contribution in [1.82, 2.24) is 5.32 Å². The van der Waals surface area contributed by atoms with Crippen LogP contribution in [0.3, 0.4) is 0 Å². The average molecular weight is 265 g/mol. The van der Waals surface area contributed by atoms with Gasteiger partial charge in [-0.2, -0.15) is 0 Å². The second-order valence-electron chi connectivity index (χ2n) is 5.67. The van der Waals surface area contributed by atoms with Crippen LogP contribution >= 0.6 is 0 Å². The molecular formula is C16H24FNO. The van der Waals surface area contributed by atoms with Crippen LogP contribution in [-0.2, 0) is 6.54 Å². The van der Waals surface area contributed by atoms with Crippen molar-refractivity contribution in [1.29, 1.82) is 0 Å². The zero-order valence-electron chi connectivity index (χ0n) is 11.7. The minimum Gasteiger partial charge on any atom is -0.505 e. The number of hydrogen-bond donors (Lipinski definition) is 2. The Morgan fingerprint density at radius 1 is 1.26 bits per heavy atom. The number of phenols is 1. The topological polar surface area (TPSA) is 32.3 Å². The standard InChI is InChI=1S/C16H24FNO/c1-12(13-7-4-2-3-5-8-13)18-11-14-9-6-10-15(17)16(14)19/h6,9-10,12-13,18-19H,2-5,7-8,11H2,1H3/t12-/m1/s1. The number of hydrogen-bond acceptors (Lipinski definition) is 2. The van der Waals surface area contributed by atoms with E-state index in [1.54, 1.807) is 12.1 Å². The van der Waals surface area contributed by atoms with Gasteiger partial charge in [0.25, 0.3) is 0 Å². The van der Waals surface area contributed by atoms with E-state index in [0.717, 1.165) is 0 Å². The summed E-state index contributed by atoms with van der Waals surface area (Å²) in [6, 6.07) is 5.11. The minimum absolute atomic E-state index is 0.219. The second-order valence-corrected chi connectivity index (χ2v) is 5.67. The largest absolute Gasteiger partial charge is 0.505 e. The number of para-hydroxylation sites is 1. The van der Waals surface area contributed by atoms with Crippen molar-refractivity contribution in [3.05, 3.63) is 29.6 Å². The highest BCUT2D eigenvalue weighted by atomic mass is 19.1. The lowest BCUT2D eigenvalue weighted by atomic mass is 9.93. The van der Waals surface area contributed by atoms with E-state index >= 15 is 0 Å². The first kappa shape index (κ1) is 14.3. The number of rotatable bonds is 4. The summed E-state index contributed by atoms with van der Waals surface area (Å²) in [5, 5.41) is 13.1. The Bertz CT molecular complexity index is 400. The molecule has 0 spiro atoms. The Hall–Kier alpha value is -1.09. The number of halogens is 1. The molecule has 2 nitrogen and oxygen atoms in total. The van der Waals surface area contributed by atoms with Crippen LogP contribution in [0.1, 0.15) is 51.0 Å². The molecule has 1 aliphatic rings. The zero-order chi connectivity index (χ0) is 13.7. The van der Waals surface area contributed by atoms with E-state index in [0.29, 0.717) is 24.1 Å². The van der Waals surface area contributed by atoms with Gasteiger partial charge in [-0.25, -0.2) is 4.39 Å². The summed E-state index contributed by atoms with van der Waals surface area (Å²) in [6.07, 6.45) is 7.91. The van der Waals surface area contributed by atoms with E-state index in [1.807, 2.05) is 0 Å². The summed E-state index contributed by atoms with van der Waals surface area (Å²) in [6.45, 7) is 2.73. The van der Waals surface area contributed by atoms with Crippen LogP contribution in [0.5, 0.6) is 5.75 Å². The molecule has 0 amide bonds. The predicted molar refractivity (Wildman–Crippen MR) is 75.6 cm³/mol. The first-order valence-corrected chi connectivity index (χ1v) is 7.38. The molecule has 0 unspecified atom stereocenters. The van der Waals surface area contributed by atoms with Crippen LogP contribution in [0.25, 0.3) is 0 Å². The SMILES string of the molecule is C[C@@H](NCc1cccc(F)c1O)C1CCCCCC1. The lowest BCUT2D eigenvalue weighted by Crippen LogP contribution is -2.33. The number of aromatic hydroxyl groups is 1. The van der Waals surface area contributed by atoms with Gasteiger partial charge in [-0.05, 0) is 31.7 Å². The molecule has 0 aliphatic heterocycles. The Morgan fingerprint density at radius 3 is 2.63 bits per heavy atom. The maximum Gasteiger partial charge on any atom is 0.165 e. The van der Waals surface area contributed by atoms with Crippen molar-refractivity contribution in [2.75, 3.05) is 0 Å². The third kappa shape index (κ3) is 3.93. The van der Waals surface area contributed by atoms with Gasteiger partial charge in [-0.15, -0.1) is 0 Å². The Balaban J connectivity index is 1.88. The highest BCUT2D eigenvalue weighted by Gasteiger charge is 2.19. The molecule has 0 radical (unpaired) electrons. The Kier molecular flexibility index (Phi) is 5.20. The summed E-state index contributed by atoms with van der Waals surface area (Å²) in [5.41, 5.74) is 0.639. The molecule has 2 N–H and O–H groups in total. The van der Waals surface area contributed by atoms with Crippen molar-refractivity contribution >= 4 is 0 Å². The molecule has 0 saturated heterocycles. The van der Waals surface area contributed by atoms with Gasteiger partial charge in [0, 0.05) is 18.2 Å². The van der Waals surface area contributed by atoms with Gasteiger partial charge < -0.3 is 10.4 Å². The van der Waals surface area contributed by atoms with Crippen LogP contribution in [-0.4, -0.2) is 11.1 Å². The first-order chi connectivity index (χ1) is 9.18. The van der Waals surface area contributed by atoms with Crippen molar-refractivity contribution < 1.29 is 9.50 Å². The van der Waals surface area contributed by atoms with Crippen molar-refractivity contribution in [3.63, 3.8) is 0 Å². The van der Waals surface area contributed by atoms with Crippen molar-refractivity contribution in [2.45, 2.75) is 58.0 Å². The summed E-state index contributed by atoms with van der Waals surface area (Å²) >= 11 is 0. The third-order valence-corrected chi connectivity index (χ3v) is 4.29. The molecule has 0 bridgehead atoms. The molecule has 0 aromatic heterocycles. The summed E-state index contributed by atoms with van der Waals surface area (Å²) in [5.74, 6) is -0.0531. The molecular weight excluding hydrogens is 241 g/mol. The highest BCUT2D eigenvalue weighted by Crippen LogP contribution is 2.26. The van der Waals surface area contributed by atoms with Crippen LogP contribution in [0, 0.1) is 11.7 Å². The van der Waals surface area contributed by atoms with Gasteiger partial charge in [0.15, 0.2) is 11.6 Å². The molecule has 1 aromatic carbocycles. The minimum atomic E-state index is -0.540. The molecule has 106 valence electrons. The maximum atomic E-state index is 13.2. The fraction of sp³-hybridized carbons (Fsp3) is 0.625. The van der Waals surface area contributed by atoms with Gasteiger partial charge in [0.2, 0.25) is 0 Å². The maximum absolute atomic E-state index is 13.2. The van der Waals surface area contributed by atoms with Crippen molar-refractivity contribution in [2.24, 2.45) is 5.92 Å². The van der Waals surface area contributed by atoms with E-state index in [9.17, 15) is 9.50 Å². The number of phenolic OH excluding ortho intramolecular Hbond substituents is 1. The zero-order valence-corrected chi connectivity index (χ0v) is 11.7. The summed E-state index contributed by atoms with van der Waals surface area (Å²) in [7, 11) is 0. The van der Waals surface area contributed by atoms with E-state index in [4.69, 9.17) is 0 Å². The molecule has 1 atom stereocenters. The third-order valence-electron chi connectivity index (χ3n) is 4.29. The quantitative estimate of drug-likeness (QED) is 0.807. The lowest BCUT2D eigenvalue weighted by molar-refractivity contribution is 0.333. The Morgan fingerprint density at radius 2 is 1.95 bits per heavy atom. The van der Waals surface area contributed by atoms with E-state index in [-0.39, 0.29) is 5.75 Å². The summed E-state index contributed by atoms with van der Waals surface area (Å²) < 4.78 is 13.2. The lowest BCUT2D eigenvalue weighted by Gasteiger charge is -2.24. The van der Waals surface area contributed by atoms with Crippen LogP contribution in [0.2, 0.25) is 0 Å². The van der Waals surface area contributed by atoms with E-state index in [2.05, 4.69) is 12.2 Å². The number of benzene rings is 1. The van der Waals surface area contributed by atoms with Gasteiger partial charge in [-0.1, -0.05) is 37.8 Å². The van der Waals surface area contributed by atoms with Crippen molar-refractivity contribution in [3.8, 4) is 5.75 Å². The first-order valence-electron chi connectivity index (χ1n) is 7.38. The second kappa shape index (κ2) is 6.90. The molecule has 3 heteroatoms. The molecule has 2 rings (SSSR count). The molecule has 0 heterocycles. The van der Waals surface area contributed by atoms with Crippen LogP contribution < -0.4 is 5.32 Å². The average Bonchev–Trinajstić information content (AvgIpc) is 2.69. The Labute approximate surface area is 115 Å². The van der Waals surface area contributed by atoms with Crippen LogP contribution in [0.15, 0.2) is 18.2 Å². The molecule has 1 aliphatic carbocycles. The molecule has 1 fully saturated rings. The highest BCUT2D eigenvalue weighted by molar-refractivity contribution is 5.33. The van der Waals surface area contributed by atoms with E-state index < -0.39 is 5.82 Å². The van der Waals surface area contributed by atoms with Gasteiger partial charge in [-0.3, -0.25) is 0 Å². The molecule has 1 aromatic rings. The smallest absolute Gasteiger partial charge is 0.165 e. The monoisotopic (exact) mass is 265 g/mol. The van der Waals surface area contributed by atoms with E-state index in [1.165, 1.54) is 44.6 Å². The predicted octanol–water partition coefficient (Wildman–Crippen LogP) is 3.98.